The summed E-state index contributed by atoms with van der Waals surface area (Å²) in [7, 11) is 0. The lowest BCUT2D eigenvalue weighted by Crippen LogP contribution is -2.20. The van der Waals surface area contributed by atoms with E-state index in [4.69, 9.17) is 11.6 Å². The number of benzene rings is 1. The van der Waals surface area contributed by atoms with E-state index in [2.05, 4.69) is 20.6 Å². The molecule has 0 radical (unpaired) electrons. The Balaban J connectivity index is 1.88. The summed E-state index contributed by atoms with van der Waals surface area (Å²) in [6, 6.07) is 12.4. The average Bonchev–Trinajstić information content (AvgIpc) is 2.51. The molecule has 2 heterocycles. The molecule has 21 heavy (non-hydrogen) atoms. The number of para-hydroxylation sites is 1. The monoisotopic (exact) mass is 298 g/mol. The van der Waals surface area contributed by atoms with Crippen LogP contribution in [0, 0.1) is 0 Å². The molecule has 0 fully saturated rings. The molecule has 3 aromatic rings. The molecule has 2 aromatic heterocycles. The van der Waals surface area contributed by atoms with Gasteiger partial charge in [-0.15, -0.1) is 0 Å². The summed E-state index contributed by atoms with van der Waals surface area (Å²) in [6.45, 7) is 0. The number of hydrogen-bond acceptors (Lipinski definition) is 3. The van der Waals surface area contributed by atoms with Crippen molar-refractivity contribution < 1.29 is 4.79 Å². The lowest BCUT2D eigenvalue weighted by molar-refractivity contribution is 0.262. The summed E-state index contributed by atoms with van der Waals surface area (Å²) in [4.78, 5) is 20.3. The van der Waals surface area contributed by atoms with E-state index in [0.29, 0.717) is 16.9 Å². The van der Waals surface area contributed by atoms with Gasteiger partial charge in [0, 0.05) is 17.3 Å². The maximum atomic E-state index is 12.0. The molecule has 0 unspecified atom stereocenters. The highest BCUT2D eigenvalue weighted by Crippen LogP contribution is 2.27. The fourth-order valence-electron chi connectivity index (χ4n) is 1.94. The Morgan fingerprint density at radius 2 is 1.81 bits per heavy atom. The topological polar surface area (TPSA) is 66.9 Å². The van der Waals surface area contributed by atoms with Crippen LogP contribution in [0.5, 0.6) is 0 Å². The third-order valence-electron chi connectivity index (χ3n) is 2.88. The Bertz CT molecular complexity index is 792. The largest absolute Gasteiger partial charge is 0.323 e. The summed E-state index contributed by atoms with van der Waals surface area (Å²) in [5.74, 6) is 0. The van der Waals surface area contributed by atoms with Crippen LogP contribution < -0.4 is 10.6 Å². The van der Waals surface area contributed by atoms with Crippen molar-refractivity contribution in [2.45, 2.75) is 0 Å². The minimum Gasteiger partial charge on any atom is -0.308 e. The SMILES string of the molecule is O=C(Nc1ccccc1)Nc1c(Cl)ncc2ncccc12. The van der Waals surface area contributed by atoms with Gasteiger partial charge in [-0.1, -0.05) is 29.8 Å². The molecule has 0 spiro atoms. The van der Waals surface area contributed by atoms with Crippen LogP contribution in [0.4, 0.5) is 16.2 Å². The second kappa shape index (κ2) is 5.76. The van der Waals surface area contributed by atoms with Crippen LogP contribution in [-0.4, -0.2) is 16.0 Å². The van der Waals surface area contributed by atoms with E-state index in [1.165, 1.54) is 0 Å². The fraction of sp³-hybridized carbons (Fsp3) is 0. The average molecular weight is 299 g/mol. The molecule has 0 saturated carbocycles. The molecule has 104 valence electrons. The highest BCUT2D eigenvalue weighted by molar-refractivity contribution is 6.34. The zero-order chi connectivity index (χ0) is 14.7. The fourth-order valence-corrected chi connectivity index (χ4v) is 2.14. The molecule has 6 heteroatoms. The van der Waals surface area contributed by atoms with Gasteiger partial charge in [-0.3, -0.25) is 4.98 Å². The summed E-state index contributed by atoms with van der Waals surface area (Å²) in [5.41, 5.74) is 1.80. The minimum absolute atomic E-state index is 0.221. The molecule has 0 atom stereocenters. The zero-order valence-electron chi connectivity index (χ0n) is 10.9. The molecule has 2 N–H and O–H groups in total. The van der Waals surface area contributed by atoms with Gasteiger partial charge in [0.15, 0.2) is 5.15 Å². The molecule has 3 rings (SSSR count). The first-order valence-electron chi connectivity index (χ1n) is 6.26. The number of hydrogen-bond donors (Lipinski definition) is 2. The van der Waals surface area contributed by atoms with E-state index < -0.39 is 0 Å². The van der Waals surface area contributed by atoms with Gasteiger partial charge in [0.1, 0.15) is 0 Å². The molecule has 0 aliphatic heterocycles. The van der Waals surface area contributed by atoms with Gasteiger partial charge < -0.3 is 10.6 Å². The molecule has 0 aliphatic rings. The third-order valence-corrected chi connectivity index (χ3v) is 3.17. The minimum atomic E-state index is -0.388. The normalized spacial score (nSPS) is 10.3. The van der Waals surface area contributed by atoms with Gasteiger partial charge in [-0.2, -0.15) is 0 Å². The number of aromatic nitrogens is 2. The molecule has 0 bridgehead atoms. The first-order valence-corrected chi connectivity index (χ1v) is 6.64. The van der Waals surface area contributed by atoms with Crippen LogP contribution in [0.15, 0.2) is 54.9 Å². The van der Waals surface area contributed by atoms with E-state index in [-0.39, 0.29) is 11.2 Å². The molecular weight excluding hydrogens is 288 g/mol. The number of nitrogens with one attached hydrogen (secondary N) is 2. The van der Waals surface area contributed by atoms with Crippen LogP contribution in [0.2, 0.25) is 5.15 Å². The first-order chi connectivity index (χ1) is 10.2. The van der Waals surface area contributed by atoms with E-state index in [9.17, 15) is 4.79 Å². The summed E-state index contributed by atoms with van der Waals surface area (Å²) in [6.07, 6.45) is 3.23. The molecule has 1 aromatic carbocycles. The van der Waals surface area contributed by atoms with Crippen molar-refractivity contribution in [1.29, 1.82) is 0 Å². The van der Waals surface area contributed by atoms with Crippen molar-refractivity contribution >= 4 is 39.9 Å². The first kappa shape index (κ1) is 13.3. The van der Waals surface area contributed by atoms with Crippen molar-refractivity contribution in [3.8, 4) is 0 Å². The quantitative estimate of drug-likeness (QED) is 0.704. The van der Waals surface area contributed by atoms with Gasteiger partial charge in [0.25, 0.3) is 0 Å². The lowest BCUT2D eigenvalue weighted by Gasteiger charge is -2.10. The molecule has 0 aliphatic carbocycles. The van der Waals surface area contributed by atoms with Crippen LogP contribution in [-0.2, 0) is 0 Å². The number of carbonyl (C=O) groups excluding carboxylic acids is 1. The Morgan fingerprint density at radius 3 is 2.62 bits per heavy atom. The van der Waals surface area contributed by atoms with Crippen LogP contribution in [0.25, 0.3) is 10.9 Å². The van der Waals surface area contributed by atoms with Crippen molar-refractivity contribution in [2.24, 2.45) is 0 Å². The number of pyridine rings is 2. The Kier molecular flexibility index (Phi) is 3.66. The number of carbonyl (C=O) groups is 1. The lowest BCUT2D eigenvalue weighted by atomic mass is 10.2. The van der Waals surface area contributed by atoms with E-state index in [1.807, 2.05) is 24.3 Å². The van der Waals surface area contributed by atoms with Crippen molar-refractivity contribution in [3.63, 3.8) is 0 Å². The van der Waals surface area contributed by atoms with Gasteiger partial charge in [-0.25, -0.2) is 9.78 Å². The summed E-state index contributed by atoms with van der Waals surface area (Å²) in [5, 5.41) is 6.40. The second-order valence-corrected chi connectivity index (χ2v) is 4.66. The number of halogens is 1. The third kappa shape index (κ3) is 2.93. The predicted molar refractivity (Wildman–Crippen MR) is 83.6 cm³/mol. The second-order valence-electron chi connectivity index (χ2n) is 4.31. The van der Waals surface area contributed by atoms with Crippen molar-refractivity contribution in [1.82, 2.24) is 9.97 Å². The van der Waals surface area contributed by atoms with Crippen molar-refractivity contribution in [2.75, 3.05) is 10.6 Å². The number of fused-ring (bicyclic) bond motifs is 1. The highest BCUT2D eigenvalue weighted by Gasteiger charge is 2.11. The van der Waals surface area contributed by atoms with Crippen molar-refractivity contribution in [3.05, 3.63) is 60.0 Å². The summed E-state index contributed by atoms with van der Waals surface area (Å²) < 4.78 is 0. The Morgan fingerprint density at radius 1 is 1.00 bits per heavy atom. The molecular formula is C15H11ClN4O. The summed E-state index contributed by atoms with van der Waals surface area (Å²) >= 11 is 6.07. The smallest absolute Gasteiger partial charge is 0.308 e. The highest BCUT2D eigenvalue weighted by atomic mass is 35.5. The zero-order valence-corrected chi connectivity index (χ0v) is 11.6. The predicted octanol–water partition coefficient (Wildman–Crippen LogP) is 3.93. The van der Waals surface area contributed by atoms with Crippen LogP contribution >= 0.6 is 11.6 Å². The Labute approximate surface area is 126 Å². The number of rotatable bonds is 2. The van der Waals surface area contributed by atoms with E-state index in [0.717, 1.165) is 5.39 Å². The molecule has 2 amide bonds. The number of amides is 2. The standard InChI is InChI=1S/C15H11ClN4O/c16-14-13(11-7-4-8-17-12(11)9-18-14)20-15(21)19-10-5-2-1-3-6-10/h1-9H,(H2,19,20,21). The van der Waals surface area contributed by atoms with E-state index >= 15 is 0 Å². The molecule has 0 saturated heterocycles. The van der Waals surface area contributed by atoms with E-state index in [1.54, 1.807) is 30.6 Å². The van der Waals surface area contributed by atoms with Gasteiger partial charge >= 0.3 is 6.03 Å². The van der Waals surface area contributed by atoms with Gasteiger partial charge in [0.2, 0.25) is 0 Å². The van der Waals surface area contributed by atoms with Crippen LogP contribution in [0.1, 0.15) is 0 Å². The van der Waals surface area contributed by atoms with Gasteiger partial charge in [-0.05, 0) is 24.3 Å². The number of nitrogens with zero attached hydrogens (tertiary/aromatic N) is 2. The molecule has 5 nitrogen and oxygen atoms in total. The van der Waals surface area contributed by atoms with Gasteiger partial charge in [0.05, 0.1) is 17.4 Å². The number of anilines is 2. The Hall–Kier alpha value is -2.66. The maximum Gasteiger partial charge on any atom is 0.323 e. The number of urea groups is 1. The maximum absolute atomic E-state index is 12.0. The van der Waals surface area contributed by atoms with Crippen LogP contribution in [0.3, 0.4) is 0 Å².